The van der Waals surface area contributed by atoms with E-state index in [2.05, 4.69) is 168 Å². The second kappa shape index (κ2) is 15.2. The molecule has 0 fully saturated rings. The van der Waals surface area contributed by atoms with Gasteiger partial charge in [0.1, 0.15) is 0 Å². The molecule has 0 saturated heterocycles. The Kier molecular flexibility index (Phi) is 8.75. The van der Waals surface area contributed by atoms with Crippen LogP contribution in [0.5, 0.6) is 0 Å². The Balaban J connectivity index is 0.966. The summed E-state index contributed by atoms with van der Waals surface area (Å²) in [6.45, 7) is 0. The number of nitrogens with zero attached hydrogens (tertiary/aromatic N) is 5. The molecular formula is C58H37N5. The lowest BCUT2D eigenvalue weighted by molar-refractivity contribution is 1.07. The largest absolute Gasteiger partial charge is 0.309 e. The summed E-state index contributed by atoms with van der Waals surface area (Å²) in [4.78, 5) is 20.2. The maximum atomic E-state index is 5.44. The van der Waals surface area contributed by atoms with Gasteiger partial charge in [-0.05, 0) is 64.0 Å². The maximum absolute atomic E-state index is 5.44. The number of hydrogen-bond acceptors (Lipinski definition) is 4. The van der Waals surface area contributed by atoms with Crippen LogP contribution in [0.3, 0.4) is 0 Å². The summed E-state index contributed by atoms with van der Waals surface area (Å²) in [7, 11) is 0. The Labute approximate surface area is 364 Å². The van der Waals surface area contributed by atoms with Gasteiger partial charge in [-0.3, -0.25) is 0 Å². The highest BCUT2D eigenvalue weighted by Crippen LogP contribution is 2.43. The van der Waals surface area contributed by atoms with Crippen molar-refractivity contribution in [2.45, 2.75) is 0 Å². The topological polar surface area (TPSA) is 56.5 Å². The minimum Gasteiger partial charge on any atom is -0.309 e. The highest BCUT2D eigenvalue weighted by molar-refractivity contribution is 6.22. The lowest BCUT2D eigenvalue weighted by atomic mass is 9.92. The molecule has 0 aliphatic rings. The van der Waals surface area contributed by atoms with Crippen molar-refractivity contribution in [2.75, 3.05) is 0 Å². The van der Waals surface area contributed by atoms with Crippen molar-refractivity contribution in [3.05, 3.63) is 224 Å². The van der Waals surface area contributed by atoms with Crippen LogP contribution in [0.25, 0.3) is 117 Å². The maximum Gasteiger partial charge on any atom is 0.164 e. The van der Waals surface area contributed by atoms with Crippen LogP contribution in [-0.4, -0.2) is 24.5 Å². The fourth-order valence-corrected chi connectivity index (χ4v) is 9.02. The highest BCUT2D eigenvalue weighted by Gasteiger charge is 2.20. The average Bonchev–Trinajstić information content (AvgIpc) is 3.69. The van der Waals surface area contributed by atoms with Crippen LogP contribution in [-0.2, 0) is 0 Å². The average molecular weight is 804 g/mol. The minimum atomic E-state index is 0.638. The summed E-state index contributed by atoms with van der Waals surface area (Å²) in [5.74, 6) is 1.93. The molecule has 9 aromatic carbocycles. The minimum absolute atomic E-state index is 0.638. The highest BCUT2D eigenvalue weighted by atomic mass is 15.0. The molecule has 0 unspecified atom stereocenters. The monoisotopic (exact) mass is 803 g/mol. The molecule has 0 amide bonds. The van der Waals surface area contributed by atoms with Gasteiger partial charge < -0.3 is 4.57 Å². The number of hydrogen-bond donors (Lipinski definition) is 0. The van der Waals surface area contributed by atoms with E-state index in [0.29, 0.717) is 17.5 Å². The van der Waals surface area contributed by atoms with Crippen molar-refractivity contribution in [1.82, 2.24) is 24.5 Å². The first-order valence-corrected chi connectivity index (χ1v) is 21.2. The van der Waals surface area contributed by atoms with Crippen molar-refractivity contribution in [1.29, 1.82) is 0 Å². The van der Waals surface area contributed by atoms with Crippen molar-refractivity contribution < 1.29 is 0 Å². The van der Waals surface area contributed by atoms with E-state index >= 15 is 0 Å². The molecule has 63 heavy (non-hydrogen) atoms. The first kappa shape index (κ1) is 36.3. The molecule has 0 atom stereocenters. The zero-order chi connectivity index (χ0) is 41.7. The van der Waals surface area contributed by atoms with E-state index in [1.54, 1.807) is 0 Å². The zero-order valence-corrected chi connectivity index (χ0v) is 34.1. The Morgan fingerprint density at radius 3 is 1.38 bits per heavy atom. The van der Waals surface area contributed by atoms with Gasteiger partial charge in [0, 0.05) is 49.5 Å². The molecule has 0 spiro atoms. The lowest BCUT2D eigenvalue weighted by Gasteiger charge is -2.15. The van der Waals surface area contributed by atoms with Crippen molar-refractivity contribution in [3.8, 4) is 73.4 Å². The molecule has 0 aliphatic carbocycles. The molecule has 0 bridgehead atoms. The van der Waals surface area contributed by atoms with Crippen LogP contribution >= 0.6 is 0 Å². The molecule has 0 saturated carbocycles. The standard InChI is InChI=1S/C58H37N5/c1-5-16-41(17-6-1)55-50-37-53-48(47-24-13-14-27-52(47)63(53)45-22-11-4-12-23-45)36-49(50)54-46(25-15-26-51(54)59-55)40-32-28-38(29-33-40)39-30-34-44(35-31-39)58-61-56(42-18-7-2-8-19-42)60-57(62-58)43-20-9-3-10-21-43/h1-37H. The van der Waals surface area contributed by atoms with E-state index in [9.17, 15) is 0 Å². The summed E-state index contributed by atoms with van der Waals surface area (Å²) in [5.41, 5.74) is 13.9. The van der Waals surface area contributed by atoms with E-state index in [1.807, 2.05) is 60.7 Å². The molecule has 0 aliphatic heterocycles. The molecule has 12 aromatic rings. The van der Waals surface area contributed by atoms with Gasteiger partial charge in [0.25, 0.3) is 0 Å². The Bertz CT molecular complexity index is 3570. The number of para-hydroxylation sites is 2. The predicted molar refractivity (Wildman–Crippen MR) is 260 cm³/mol. The number of rotatable bonds is 7. The first-order valence-electron chi connectivity index (χ1n) is 21.2. The summed E-state index contributed by atoms with van der Waals surface area (Å²) in [5, 5.41) is 5.88. The molecule has 3 aromatic heterocycles. The fraction of sp³-hybridized carbons (Fsp3) is 0. The molecule has 5 nitrogen and oxygen atoms in total. The normalized spacial score (nSPS) is 11.5. The Morgan fingerprint density at radius 2 is 0.778 bits per heavy atom. The van der Waals surface area contributed by atoms with Crippen LogP contribution in [0, 0.1) is 0 Å². The Hall–Kier alpha value is -8.54. The quantitative estimate of drug-likeness (QED) is 0.151. The van der Waals surface area contributed by atoms with Gasteiger partial charge in [0.2, 0.25) is 0 Å². The predicted octanol–water partition coefficient (Wildman–Crippen LogP) is 14.7. The molecular weight excluding hydrogens is 767 g/mol. The van der Waals surface area contributed by atoms with Crippen LogP contribution in [0.1, 0.15) is 0 Å². The molecule has 5 heteroatoms. The van der Waals surface area contributed by atoms with Gasteiger partial charge in [0.15, 0.2) is 17.5 Å². The second-order valence-corrected chi connectivity index (χ2v) is 15.8. The SMILES string of the molecule is c1ccc(-c2nc(-c3ccccc3)nc(-c3ccc(-c4ccc(-c5cccc6nc(-c7ccccc7)c7cc8c(cc7c56)c5ccccc5n8-c5ccccc5)cc4)cc3)n2)cc1. The van der Waals surface area contributed by atoms with Crippen LogP contribution in [0.2, 0.25) is 0 Å². The second-order valence-electron chi connectivity index (χ2n) is 15.8. The number of aromatic nitrogens is 5. The summed E-state index contributed by atoms with van der Waals surface area (Å²) in [6, 6.07) is 78.8. The van der Waals surface area contributed by atoms with E-state index in [0.717, 1.165) is 77.7 Å². The van der Waals surface area contributed by atoms with Gasteiger partial charge >= 0.3 is 0 Å². The lowest BCUT2D eigenvalue weighted by Crippen LogP contribution is -2.00. The van der Waals surface area contributed by atoms with E-state index < -0.39 is 0 Å². The molecule has 0 radical (unpaired) electrons. The zero-order valence-electron chi connectivity index (χ0n) is 34.1. The van der Waals surface area contributed by atoms with Crippen LogP contribution < -0.4 is 0 Å². The first-order chi connectivity index (χ1) is 31.2. The van der Waals surface area contributed by atoms with Crippen molar-refractivity contribution in [3.63, 3.8) is 0 Å². The molecule has 12 rings (SSSR count). The van der Waals surface area contributed by atoms with Crippen LogP contribution in [0.4, 0.5) is 0 Å². The summed E-state index contributed by atoms with van der Waals surface area (Å²) < 4.78 is 2.38. The van der Waals surface area contributed by atoms with Crippen molar-refractivity contribution in [2.24, 2.45) is 0 Å². The van der Waals surface area contributed by atoms with Crippen LogP contribution in [0.15, 0.2) is 224 Å². The van der Waals surface area contributed by atoms with E-state index in [1.165, 1.54) is 21.7 Å². The number of fused-ring (bicyclic) bond motifs is 6. The fourth-order valence-electron chi connectivity index (χ4n) is 9.02. The molecule has 0 N–H and O–H groups in total. The number of benzene rings is 9. The summed E-state index contributed by atoms with van der Waals surface area (Å²) in [6.07, 6.45) is 0. The third-order valence-corrected chi connectivity index (χ3v) is 12.0. The molecule has 294 valence electrons. The van der Waals surface area contributed by atoms with Gasteiger partial charge in [-0.2, -0.15) is 0 Å². The van der Waals surface area contributed by atoms with Gasteiger partial charge in [-0.15, -0.1) is 0 Å². The molecule has 3 heterocycles. The van der Waals surface area contributed by atoms with Gasteiger partial charge in [-0.25, -0.2) is 19.9 Å². The van der Waals surface area contributed by atoms with Gasteiger partial charge in [0.05, 0.1) is 22.2 Å². The third kappa shape index (κ3) is 6.42. The number of pyridine rings is 1. The Morgan fingerprint density at radius 1 is 0.286 bits per heavy atom. The van der Waals surface area contributed by atoms with E-state index in [4.69, 9.17) is 19.9 Å². The van der Waals surface area contributed by atoms with E-state index in [-0.39, 0.29) is 0 Å². The summed E-state index contributed by atoms with van der Waals surface area (Å²) >= 11 is 0. The smallest absolute Gasteiger partial charge is 0.164 e. The van der Waals surface area contributed by atoms with Gasteiger partial charge in [-0.1, -0.05) is 188 Å². The van der Waals surface area contributed by atoms with Crippen molar-refractivity contribution >= 4 is 43.5 Å². The third-order valence-electron chi connectivity index (χ3n) is 12.0.